The Balaban J connectivity index is 1.28. The number of thiazole rings is 1. The standard InChI is InChI=1S/C21H23N5O3S/c1-15(27)16-3-2-4-17(11-16)22-19(28)14-25-7-5-24(6-8-25)13-18-12-20(29)26-9-10-30-21(26)23-18/h2-4,9-12H,5-8,13-14H2,1H3,(H,22,28). The largest absolute Gasteiger partial charge is 0.325 e. The molecule has 0 saturated carbocycles. The van der Waals surface area contributed by atoms with E-state index in [0.717, 1.165) is 31.9 Å². The summed E-state index contributed by atoms with van der Waals surface area (Å²) in [4.78, 5) is 45.6. The van der Waals surface area contributed by atoms with Crippen LogP contribution in [0.5, 0.6) is 0 Å². The van der Waals surface area contributed by atoms with E-state index in [0.29, 0.717) is 29.3 Å². The molecule has 2 aromatic heterocycles. The molecule has 4 rings (SSSR count). The van der Waals surface area contributed by atoms with Crippen LogP contribution in [0, 0.1) is 0 Å². The molecule has 9 heteroatoms. The first-order chi connectivity index (χ1) is 14.5. The third-order valence-corrected chi connectivity index (χ3v) is 5.88. The number of aromatic nitrogens is 2. The summed E-state index contributed by atoms with van der Waals surface area (Å²) in [5.41, 5.74) is 1.93. The number of piperazine rings is 1. The van der Waals surface area contributed by atoms with Gasteiger partial charge >= 0.3 is 0 Å². The minimum Gasteiger partial charge on any atom is -0.325 e. The predicted octanol–water partition coefficient (Wildman–Crippen LogP) is 1.71. The zero-order valence-electron chi connectivity index (χ0n) is 16.7. The second-order valence-corrected chi connectivity index (χ2v) is 8.25. The molecule has 3 aromatic rings. The smallest absolute Gasteiger partial charge is 0.258 e. The molecule has 0 bridgehead atoms. The van der Waals surface area contributed by atoms with Gasteiger partial charge in [-0.05, 0) is 19.1 Å². The molecule has 1 fully saturated rings. The molecule has 1 aliphatic rings. The number of carbonyl (C=O) groups excluding carboxylic acids is 2. The Hall–Kier alpha value is -2.88. The molecule has 8 nitrogen and oxygen atoms in total. The quantitative estimate of drug-likeness (QED) is 0.605. The molecule has 1 aliphatic heterocycles. The predicted molar refractivity (Wildman–Crippen MR) is 116 cm³/mol. The molecule has 1 amide bonds. The van der Waals surface area contributed by atoms with Gasteiger partial charge in [-0.3, -0.25) is 28.6 Å². The number of hydrogen-bond donors (Lipinski definition) is 1. The van der Waals surface area contributed by atoms with Crippen LogP contribution in [0.15, 0.2) is 46.7 Å². The van der Waals surface area contributed by atoms with E-state index in [2.05, 4.69) is 20.1 Å². The van der Waals surface area contributed by atoms with Crippen molar-refractivity contribution in [3.8, 4) is 0 Å². The number of Topliss-reactive ketones (excluding diaryl/α,β-unsaturated/α-hetero) is 1. The summed E-state index contributed by atoms with van der Waals surface area (Å²) in [5.74, 6) is -0.125. The van der Waals surface area contributed by atoms with Gasteiger partial charge in [0, 0.05) is 61.6 Å². The van der Waals surface area contributed by atoms with Crippen molar-refractivity contribution in [2.75, 3.05) is 38.0 Å². The van der Waals surface area contributed by atoms with Gasteiger partial charge in [0.1, 0.15) is 0 Å². The van der Waals surface area contributed by atoms with E-state index in [4.69, 9.17) is 0 Å². The van der Waals surface area contributed by atoms with Crippen molar-refractivity contribution >= 4 is 33.7 Å². The number of fused-ring (bicyclic) bond motifs is 1. The monoisotopic (exact) mass is 425 g/mol. The number of nitrogens with zero attached hydrogens (tertiary/aromatic N) is 4. The maximum atomic E-state index is 12.4. The Morgan fingerprint density at radius 3 is 2.67 bits per heavy atom. The zero-order chi connectivity index (χ0) is 21.1. The molecule has 156 valence electrons. The molecule has 0 aliphatic carbocycles. The lowest BCUT2D eigenvalue weighted by atomic mass is 10.1. The molecule has 0 unspecified atom stereocenters. The first-order valence-electron chi connectivity index (χ1n) is 9.79. The summed E-state index contributed by atoms with van der Waals surface area (Å²) >= 11 is 1.45. The maximum Gasteiger partial charge on any atom is 0.258 e. The highest BCUT2D eigenvalue weighted by atomic mass is 32.1. The van der Waals surface area contributed by atoms with E-state index in [1.807, 2.05) is 5.38 Å². The highest BCUT2D eigenvalue weighted by Crippen LogP contribution is 2.13. The third-order valence-electron chi connectivity index (χ3n) is 5.13. The van der Waals surface area contributed by atoms with Crippen LogP contribution in [0.25, 0.3) is 4.96 Å². The van der Waals surface area contributed by atoms with Crippen molar-refractivity contribution < 1.29 is 9.59 Å². The normalized spacial score (nSPS) is 15.4. The number of carbonyl (C=O) groups is 2. The number of nitrogens with one attached hydrogen (secondary N) is 1. The molecular weight excluding hydrogens is 402 g/mol. The maximum absolute atomic E-state index is 12.4. The number of ketones is 1. The van der Waals surface area contributed by atoms with Gasteiger partial charge in [0.25, 0.3) is 5.56 Å². The van der Waals surface area contributed by atoms with Crippen LogP contribution < -0.4 is 10.9 Å². The third kappa shape index (κ3) is 4.81. The van der Waals surface area contributed by atoms with Crippen molar-refractivity contribution in [1.82, 2.24) is 19.2 Å². The van der Waals surface area contributed by atoms with Gasteiger partial charge in [-0.15, -0.1) is 11.3 Å². The summed E-state index contributed by atoms with van der Waals surface area (Å²) in [5, 5.41) is 4.72. The summed E-state index contributed by atoms with van der Waals surface area (Å²) in [6.45, 7) is 5.57. The Morgan fingerprint density at radius 2 is 1.90 bits per heavy atom. The molecule has 1 aromatic carbocycles. The van der Waals surface area contributed by atoms with Crippen LogP contribution in [-0.4, -0.2) is 63.6 Å². The zero-order valence-corrected chi connectivity index (χ0v) is 17.5. The molecule has 30 heavy (non-hydrogen) atoms. The second-order valence-electron chi connectivity index (χ2n) is 7.38. The first kappa shape index (κ1) is 20.4. The number of rotatable bonds is 6. The highest BCUT2D eigenvalue weighted by molar-refractivity contribution is 7.15. The van der Waals surface area contributed by atoms with Gasteiger partial charge in [0.05, 0.1) is 12.2 Å². The minimum atomic E-state index is -0.0954. The number of amides is 1. The Bertz CT molecular complexity index is 1130. The fourth-order valence-corrected chi connectivity index (χ4v) is 4.26. The number of anilines is 1. The molecule has 0 atom stereocenters. The molecule has 0 radical (unpaired) electrons. The van der Waals surface area contributed by atoms with Crippen molar-refractivity contribution in [2.24, 2.45) is 0 Å². The van der Waals surface area contributed by atoms with E-state index < -0.39 is 0 Å². The first-order valence-corrected chi connectivity index (χ1v) is 10.7. The van der Waals surface area contributed by atoms with Crippen LogP contribution >= 0.6 is 11.3 Å². The molecule has 1 saturated heterocycles. The highest BCUT2D eigenvalue weighted by Gasteiger charge is 2.20. The Morgan fingerprint density at radius 1 is 1.13 bits per heavy atom. The van der Waals surface area contributed by atoms with E-state index in [1.165, 1.54) is 18.3 Å². The van der Waals surface area contributed by atoms with Crippen molar-refractivity contribution in [2.45, 2.75) is 13.5 Å². The van der Waals surface area contributed by atoms with Crippen LogP contribution in [0.4, 0.5) is 5.69 Å². The van der Waals surface area contributed by atoms with Gasteiger partial charge in [-0.1, -0.05) is 12.1 Å². The van der Waals surface area contributed by atoms with Crippen LogP contribution in [0.2, 0.25) is 0 Å². The van der Waals surface area contributed by atoms with E-state index in [-0.39, 0.29) is 17.2 Å². The van der Waals surface area contributed by atoms with Gasteiger partial charge in [-0.25, -0.2) is 4.98 Å². The van der Waals surface area contributed by atoms with E-state index in [9.17, 15) is 14.4 Å². The van der Waals surface area contributed by atoms with Crippen LogP contribution in [0.3, 0.4) is 0 Å². The second kappa shape index (κ2) is 8.86. The van der Waals surface area contributed by atoms with Gasteiger partial charge in [0.2, 0.25) is 5.91 Å². The number of benzene rings is 1. The SMILES string of the molecule is CC(=O)c1cccc(NC(=O)CN2CCN(Cc3cc(=O)n4ccsc4n3)CC2)c1. The van der Waals surface area contributed by atoms with Gasteiger partial charge in [0.15, 0.2) is 10.7 Å². The van der Waals surface area contributed by atoms with E-state index >= 15 is 0 Å². The average molecular weight is 426 g/mol. The van der Waals surface area contributed by atoms with Crippen LogP contribution in [0.1, 0.15) is 23.0 Å². The molecule has 0 spiro atoms. The number of hydrogen-bond acceptors (Lipinski definition) is 7. The fourth-order valence-electron chi connectivity index (χ4n) is 3.52. The summed E-state index contributed by atoms with van der Waals surface area (Å²) in [7, 11) is 0. The van der Waals surface area contributed by atoms with Crippen molar-refractivity contribution in [3.63, 3.8) is 0 Å². The van der Waals surface area contributed by atoms with Crippen molar-refractivity contribution in [1.29, 1.82) is 0 Å². The van der Waals surface area contributed by atoms with Crippen molar-refractivity contribution in [3.05, 3.63) is 63.5 Å². The lowest BCUT2D eigenvalue weighted by molar-refractivity contribution is -0.117. The Kier molecular flexibility index (Phi) is 6.03. The fraction of sp³-hybridized carbons (Fsp3) is 0.333. The lowest BCUT2D eigenvalue weighted by Gasteiger charge is -2.34. The minimum absolute atomic E-state index is 0.0300. The summed E-state index contributed by atoms with van der Waals surface area (Å²) in [6.07, 6.45) is 1.74. The lowest BCUT2D eigenvalue weighted by Crippen LogP contribution is -2.48. The molecule has 3 heterocycles. The topological polar surface area (TPSA) is 87.0 Å². The van der Waals surface area contributed by atoms with E-state index in [1.54, 1.807) is 40.9 Å². The Labute approximate surface area is 177 Å². The summed E-state index contributed by atoms with van der Waals surface area (Å²) < 4.78 is 1.55. The summed E-state index contributed by atoms with van der Waals surface area (Å²) in [6, 6.07) is 8.56. The molecule has 1 N–H and O–H groups in total. The average Bonchev–Trinajstić information content (AvgIpc) is 3.19. The van der Waals surface area contributed by atoms with Crippen LogP contribution in [-0.2, 0) is 11.3 Å². The van der Waals surface area contributed by atoms with Gasteiger partial charge in [-0.2, -0.15) is 0 Å². The van der Waals surface area contributed by atoms with Gasteiger partial charge < -0.3 is 5.32 Å². The molecular formula is C21H23N5O3S.